The Hall–Kier alpha value is -2.63. The summed E-state index contributed by atoms with van der Waals surface area (Å²) in [5.74, 6) is -2.08. The monoisotopic (exact) mass is 502 g/mol. The third kappa shape index (κ3) is 8.79. The number of carbonyl (C=O) groups is 1. The normalized spacial score (nSPS) is 13.9. The fraction of sp³-hybridized carbons (Fsp3) is 0.567. The quantitative estimate of drug-likeness (QED) is 0.123. The minimum atomic E-state index is -1.27. The second kappa shape index (κ2) is 14.8. The maximum Gasteiger partial charge on any atom is 0.346 e. The smallest absolute Gasteiger partial charge is 0.346 e. The van der Waals surface area contributed by atoms with Crippen molar-refractivity contribution in [3.63, 3.8) is 0 Å². The van der Waals surface area contributed by atoms with Gasteiger partial charge in [0.25, 0.3) is 0 Å². The third-order valence-corrected chi connectivity index (χ3v) is 6.56. The van der Waals surface area contributed by atoms with E-state index in [9.17, 15) is 13.6 Å². The predicted molar refractivity (Wildman–Crippen MR) is 138 cm³/mol. The van der Waals surface area contributed by atoms with Crippen LogP contribution >= 0.6 is 0 Å². The number of hydrogen-bond acceptors (Lipinski definition) is 4. The van der Waals surface area contributed by atoms with E-state index in [0.29, 0.717) is 12.4 Å². The van der Waals surface area contributed by atoms with E-state index in [-0.39, 0.29) is 17.6 Å². The van der Waals surface area contributed by atoms with Crippen molar-refractivity contribution in [2.24, 2.45) is 5.92 Å². The minimum absolute atomic E-state index is 0.00128. The first-order valence-electron chi connectivity index (χ1n) is 13.6. The molecule has 1 saturated carbocycles. The molecule has 3 rings (SSSR count). The summed E-state index contributed by atoms with van der Waals surface area (Å²) < 4.78 is 46.3. The van der Waals surface area contributed by atoms with Crippen LogP contribution in [0.3, 0.4) is 0 Å². The molecule has 0 radical (unpaired) electrons. The van der Waals surface area contributed by atoms with E-state index in [0.717, 1.165) is 57.3 Å². The van der Waals surface area contributed by atoms with Gasteiger partial charge in [0.05, 0.1) is 18.3 Å². The number of benzene rings is 2. The molecule has 0 saturated heterocycles. The van der Waals surface area contributed by atoms with Gasteiger partial charge in [-0.15, -0.1) is 0 Å². The summed E-state index contributed by atoms with van der Waals surface area (Å²) in [7, 11) is 0. The van der Waals surface area contributed by atoms with E-state index in [1.807, 2.05) is 0 Å². The summed E-state index contributed by atoms with van der Waals surface area (Å²) in [6.45, 7) is 4.53. The van der Waals surface area contributed by atoms with Crippen LogP contribution in [0.5, 0.6) is 17.2 Å². The van der Waals surface area contributed by atoms with Crippen LogP contribution in [0.25, 0.3) is 0 Å². The van der Waals surface area contributed by atoms with Crippen LogP contribution in [0.4, 0.5) is 8.78 Å². The van der Waals surface area contributed by atoms with Crippen LogP contribution < -0.4 is 14.2 Å². The highest BCUT2D eigenvalue weighted by molar-refractivity contribution is 5.91. The molecule has 0 aliphatic heterocycles. The number of carbonyl (C=O) groups excluding carboxylic acids is 1. The number of esters is 1. The molecule has 2 aromatic carbocycles. The molecular formula is C30H40F2O4. The van der Waals surface area contributed by atoms with Crippen molar-refractivity contribution in [2.45, 2.75) is 97.0 Å². The maximum atomic E-state index is 14.7. The number of unbranched alkanes of at least 4 members (excludes halogenated alkanes) is 4. The van der Waals surface area contributed by atoms with E-state index in [2.05, 4.69) is 13.8 Å². The first-order valence-corrected chi connectivity index (χ1v) is 13.6. The number of ether oxygens (including phenoxy) is 3. The number of hydrogen-bond donors (Lipinski definition) is 0. The Morgan fingerprint density at radius 1 is 0.861 bits per heavy atom. The average Bonchev–Trinajstić information content (AvgIpc) is 3.70. The van der Waals surface area contributed by atoms with Gasteiger partial charge in [0.1, 0.15) is 0 Å². The summed E-state index contributed by atoms with van der Waals surface area (Å²) >= 11 is 0. The van der Waals surface area contributed by atoms with Gasteiger partial charge in [0.2, 0.25) is 5.82 Å². The lowest BCUT2D eigenvalue weighted by Gasteiger charge is -2.20. The lowest BCUT2D eigenvalue weighted by Crippen LogP contribution is -2.18. The van der Waals surface area contributed by atoms with E-state index in [1.54, 1.807) is 24.3 Å². The standard InChI is InChI=1S/C30H40F2O4/c1-3-5-14-23(12-4-2)35-25-15-9-10-16-26(25)36-30(33)24-19-20-27(29(32)28(24)31)34-21-11-7-6-8-13-22-17-18-22/h9-10,15-16,19-20,22-23H,3-8,11-14,17-18,21H2,1-2H3. The molecule has 0 amide bonds. The third-order valence-electron chi connectivity index (χ3n) is 6.56. The molecule has 1 aliphatic carbocycles. The molecule has 6 heteroatoms. The summed E-state index contributed by atoms with van der Waals surface area (Å²) in [5.41, 5.74) is -0.481. The molecule has 0 N–H and O–H groups in total. The molecule has 198 valence electrons. The number of rotatable bonds is 17. The van der Waals surface area contributed by atoms with Gasteiger partial charge in [-0.25, -0.2) is 9.18 Å². The van der Waals surface area contributed by atoms with Crippen molar-refractivity contribution in [3.8, 4) is 17.2 Å². The molecule has 36 heavy (non-hydrogen) atoms. The van der Waals surface area contributed by atoms with Crippen molar-refractivity contribution in [3.05, 3.63) is 53.6 Å². The molecule has 2 aromatic rings. The highest BCUT2D eigenvalue weighted by atomic mass is 19.2. The number of para-hydroxylation sites is 2. The fourth-order valence-corrected chi connectivity index (χ4v) is 4.26. The molecule has 1 atom stereocenters. The summed E-state index contributed by atoms with van der Waals surface area (Å²) in [5, 5.41) is 0. The Kier molecular flexibility index (Phi) is 11.5. The topological polar surface area (TPSA) is 44.8 Å². The molecule has 0 aromatic heterocycles. The Morgan fingerprint density at radius 3 is 2.33 bits per heavy atom. The maximum absolute atomic E-state index is 14.7. The lowest BCUT2D eigenvalue weighted by atomic mass is 10.1. The molecule has 0 bridgehead atoms. The minimum Gasteiger partial charge on any atom is -0.490 e. The zero-order valence-corrected chi connectivity index (χ0v) is 21.7. The number of halogens is 2. The van der Waals surface area contributed by atoms with Crippen LogP contribution in [0.15, 0.2) is 36.4 Å². The first kappa shape index (κ1) is 27.9. The Bertz CT molecular complexity index is 958. The van der Waals surface area contributed by atoms with Gasteiger partial charge in [-0.05, 0) is 49.4 Å². The van der Waals surface area contributed by atoms with Crippen molar-refractivity contribution < 1.29 is 27.8 Å². The van der Waals surface area contributed by atoms with Gasteiger partial charge in [-0.1, -0.05) is 83.8 Å². The molecule has 1 aliphatic rings. The second-order valence-corrected chi connectivity index (χ2v) is 9.74. The Labute approximate surface area is 214 Å². The van der Waals surface area contributed by atoms with Gasteiger partial charge < -0.3 is 14.2 Å². The van der Waals surface area contributed by atoms with Crippen molar-refractivity contribution in [1.29, 1.82) is 0 Å². The van der Waals surface area contributed by atoms with E-state index < -0.39 is 23.2 Å². The lowest BCUT2D eigenvalue weighted by molar-refractivity contribution is 0.0714. The Balaban J connectivity index is 1.56. The summed E-state index contributed by atoms with van der Waals surface area (Å²) in [6, 6.07) is 9.29. The van der Waals surface area contributed by atoms with Gasteiger partial charge in [0.15, 0.2) is 23.1 Å². The van der Waals surface area contributed by atoms with Gasteiger partial charge >= 0.3 is 5.97 Å². The van der Waals surface area contributed by atoms with Crippen molar-refractivity contribution in [1.82, 2.24) is 0 Å². The van der Waals surface area contributed by atoms with Crippen LogP contribution in [0.2, 0.25) is 0 Å². The highest BCUT2D eigenvalue weighted by Crippen LogP contribution is 2.34. The van der Waals surface area contributed by atoms with Crippen LogP contribution in [0, 0.1) is 17.6 Å². The molecule has 4 nitrogen and oxygen atoms in total. The average molecular weight is 503 g/mol. The fourth-order valence-electron chi connectivity index (χ4n) is 4.26. The van der Waals surface area contributed by atoms with Crippen molar-refractivity contribution in [2.75, 3.05) is 6.61 Å². The Morgan fingerprint density at radius 2 is 1.61 bits per heavy atom. The summed E-state index contributed by atoms with van der Waals surface area (Å²) in [4.78, 5) is 12.7. The van der Waals surface area contributed by atoms with Crippen molar-refractivity contribution >= 4 is 5.97 Å². The van der Waals surface area contributed by atoms with Gasteiger partial charge in [-0.3, -0.25) is 0 Å². The van der Waals surface area contributed by atoms with Gasteiger partial charge in [0, 0.05) is 0 Å². The zero-order valence-electron chi connectivity index (χ0n) is 21.7. The van der Waals surface area contributed by atoms with E-state index in [1.165, 1.54) is 37.8 Å². The SMILES string of the molecule is CCCCC(CCC)Oc1ccccc1OC(=O)c1ccc(OCCCCCCC2CC2)c(F)c1F. The van der Waals surface area contributed by atoms with Gasteiger partial charge in [-0.2, -0.15) is 4.39 Å². The van der Waals surface area contributed by atoms with Crippen LogP contribution in [-0.2, 0) is 0 Å². The molecule has 1 fully saturated rings. The van der Waals surface area contributed by atoms with Crippen LogP contribution in [0.1, 0.15) is 101 Å². The molecule has 1 unspecified atom stereocenters. The molecule has 0 spiro atoms. The van der Waals surface area contributed by atoms with E-state index in [4.69, 9.17) is 14.2 Å². The zero-order chi connectivity index (χ0) is 25.8. The molecular weight excluding hydrogens is 462 g/mol. The predicted octanol–water partition coefficient (Wildman–Crippen LogP) is 8.66. The highest BCUT2D eigenvalue weighted by Gasteiger charge is 2.23. The van der Waals surface area contributed by atoms with Crippen LogP contribution in [-0.4, -0.2) is 18.7 Å². The second-order valence-electron chi connectivity index (χ2n) is 9.74. The van der Waals surface area contributed by atoms with E-state index >= 15 is 0 Å². The summed E-state index contributed by atoms with van der Waals surface area (Å²) in [6.07, 6.45) is 13.0. The molecule has 0 heterocycles. The largest absolute Gasteiger partial charge is 0.490 e. The first-order chi connectivity index (χ1) is 17.5.